The summed E-state index contributed by atoms with van der Waals surface area (Å²) in [5.41, 5.74) is 1.10. The number of ketones is 1. The zero-order valence-electron chi connectivity index (χ0n) is 18.3. The SMILES string of the molecule is CCOC(=O)c1nn(-c2ccccc2)c(=O)c2c(N/C=C\C(=O)/C=C/c3ccccc3)scc12. The highest BCUT2D eigenvalue weighted by Crippen LogP contribution is 2.30. The van der Waals surface area contributed by atoms with Crippen LogP contribution in [0.4, 0.5) is 5.00 Å². The van der Waals surface area contributed by atoms with Crippen molar-refractivity contribution in [2.24, 2.45) is 0 Å². The Hall–Kier alpha value is -4.30. The van der Waals surface area contributed by atoms with Crippen molar-refractivity contribution in [3.8, 4) is 5.69 Å². The van der Waals surface area contributed by atoms with Crippen LogP contribution in [0.5, 0.6) is 0 Å². The van der Waals surface area contributed by atoms with Crippen LogP contribution in [0.15, 0.2) is 89.2 Å². The van der Waals surface area contributed by atoms with Crippen molar-refractivity contribution in [1.29, 1.82) is 0 Å². The maximum atomic E-state index is 13.3. The molecule has 170 valence electrons. The van der Waals surface area contributed by atoms with Gasteiger partial charge in [0.15, 0.2) is 11.5 Å². The van der Waals surface area contributed by atoms with Crippen LogP contribution in [-0.4, -0.2) is 28.1 Å². The van der Waals surface area contributed by atoms with Crippen molar-refractivity contribution in [1.82, 2.24) is 9.78 Å². The Morgan fingerprint density at radius 2 is 1.76 bits per heavy atom. The average Bonchev–Trinajstić information content (AvgIpc) is 3.29. The number of aromatic nitrogens is 2. The maximum absolute atomic E-state index is 13.3. The van der Waals surface area contributed by atoms with Crippen LogP contribution in [0, 0.1) is 0 Å². The third-order valence-corrected chi connectivity index (χ3v) is 5.73. The van der Waals surface area contributed by atoms with Gasteiger partial charge in [-0.15, -0.1) is 11.3 Å². The Bertz CT molecular complexity index is 1440. The lowest BCUT2D eigenvalue weighted by atomic mass is 10.2. The second-order valence-electron chi connectivity index (χ2n) is 7.10. The van der Waals surface area contributed by atoms with Gasteiger partial charge in [-0.1, -0.05) is 54.6 Å². The summed E-state index contributed by atoms with van der Waals surface area (Å²) in [5, 5.41) is 10.2. The number of thiophene rings is 1. The van der Waals surface area contributed by atoms with E-state index in [2.05, 4.69) is 10.4 Å². The number of carbonyl (C=O) groups excluding carboxylic acids is 2. The van der Waals surface area contributed by atoms with E-state index in [4.69, 9.17) is 4.74 Å². The van der Waals surface area contributed by atoms with Crippen LogP contribution in [-0.2, 0) is 9.53 Å². The van der Waals surface area contributed by atoms with Crippen LogP contribution >= 0.6 is 11.3 Å². The Morgan fingerprint density at radius 1 is 1.06 bits per heavy atom. The highest BCUT2D eigenvalue weighted by molar-refractivity contribution is 7.16. The molecule has 8 heteroatoms. The summed E-state index contributed by atoms with van der Waals surface area (Å²) >= 11 is 1.24. The first-order valence-corrected chi connectivity index (χ1v) is 11.4. The first-order chi connectivity index (χ1) is 16.6. The zero-order valence-corrected chi connectivity index (χ0v) is 19.1. The summed E-state index contributed by atoms with van der Waals surface area (Å²) in [6, 6.07) is 18.3. The molecule has 0 saturated heterocycles. The second-order valence-corrected chi connectivity index (χ2v) is 7.98. The summed E-state index contributed by atoms with van der Waals surface area (Å²) in [6.45, 7) is 1.89. The Balaban J connectivity index is 1.67. The molecule has 0 radical (unpaired) electrons. The van der Waals surface area contributed by atoms with Gasteiger partial charge in [-0.3, -0.25) is 9.59 Å². The van der Waals surface area contributed by atoms with Crippen LogP contribution in [0.1, 0.15) is 23.0 Å². The molecule has 0 aliphatic rings. The number of allylic oxidation sites excluding steroid dienone is 2. The van der Waals surface area contributed by atoms with Gasteiger partial charge in [0, 0.05) is 23.0 Å². The van der Waals surface area contributed by atoms with E-state index in [1.54, 1.807) is 42.6 Å². The van der Waals surface area contributed by atoms with E-state index in [9.17, 15) is 14.4 Å². The van der Waals surface area contributed by atoms with Crippen molar-refractivity contribution >= 4 is 44.9 Å². The second kappa shape index (κ2) is 10.5. The first kappa shape index (κ1) is 22.9. The van der Waals surface area contributed by atoms with Crippen molar-refractivity contribution in [2.75, 3.05) is 11.9 Å². The number of esters is 1. The number of anilines is 1. The topological polar surface area (TPSA) is 90.3 Å². The molecule has 0 spiro atoms. The number of fused-ring (bicyclic) bond motifs is 1. The van der Waals surface area contributed by atoms with Gasteiger partial charge in [-0.25, -0.2) is 4.79 Å². The largest absolute Gasteiger partial charge is 0.461 e. The molecule has 2 aromatic heterocycles. The number of hydrogen-bond donors (Lipinski definition) is 1. The molecular weight excluding hydrogens is 450 g/mol. The Kier molecular flexibility index (Phi) is 7.10. The molecule has 4 aromatic rings. The van der Waals surface area contributed by atoms with Crippen molar-refractivity contribution < 1.29 is 14.3 Å². The lowest BCUT2D eigenvalue weighted by Gasteiger charge is -2.09. The van der Waals surface area contributed by atoms with Gasteiger partial charge in [-0.2, -0.15) is 9.78 Å². The molecule has 0 fully saturated rings. The van der Waals surface area contributed by atoms with E-state index in [-0.39, 0.29) is 23.6 Å². The van der Waals surface area contributed by atoms with E-state index >= 15 is 0 Å². The summed E-state index contributed by atoms with van der Waals surface area (Å²) in [7, 11) is 0. The number of benzene rings is 2. The number of rotatable bonds is 8. The summed E-state index contributed by atoms with van der Waals surface area (Å²) in [5.74, 6) is -0.828. The summed E-state index contributed by atoms with van der Waals surface area (Å²) < 4.78 is 6.34. The molecule has 4 rings (SSSR count). The van der Waals surface area contributed by atoms with Crippen LogP contribution in [0.25, 0.3) is 22.5 Å². The van der Waals surface area contributed by atoms with E-state index in [1.165, 1.54) is 34.4 Å². The van der Waals surface area contributed by atoms with Crippen LogP contribution in [0.3, 0.4) is 0 Å². The molecule has 1 N–H and O–H groups in total. The maximum Gasteiger partial charge on any atom is 0.359 e. The third kappa shape index (κ3) is 5.02. The molecule has 0 amide bonds. The van der Waals surface area contributed by atoms with Gasteiger partial charge >= 0.3 is 5.97 Å². The van der Waals surface area contributed by atoms with E-state index < -0.39 is 5.97 Å². The fraction of sp³-hybridized carbons (Fsp3) is 0.0769. The smallest absolute Gasteiger partial charge is 0.359 e. The van der Waals surface area contributed by atoms with Gasteiger partial charge in [0.25, 0.3) is 5.56 Å². The van der Waals surface area contributed by atoms with E-state index in [0.717, 1.165) is 5.56 Å². The first-order valence-electron chi connectivity index (χ1n) is 10.6. The minimum atomic E-state index is -0.613. The molecule has 7 nitrogen and oxygen atoms in total. The third-order valence-electron chi connectivity index (χ3n) is 4.82. The molecule has 0 bridgehead atoms. The lowest BCUT2D eigenvalue weighted by molar-refractivity contribution is -0.110. The van der Waals surface area contributed by atoms with Gasteiger partial charge in [0.2, 0.25) is 0 Å². The van der Waals surface area contributed by atoms with Gasteiger partial charge in [0.1, 0.15) is 5.00 Å². The molecular formula is C26H21N3O4S. The minimum Gasteiger partial charge on any atom is -0.461 e. The van der Waals surface area contributed by atoms with Crippen molar-refractivity contribution in [3.63, 3.8) is 0 Å². The normalized spacial score (nSPS) is 11.3. The number of hydrogen-bond acceptors (Lipinski definition) is 7. The Labute approximate surface area is 199 Å². The molecule has 0 atom stereocenters. The predicted molar refractivity (Wildman–Crippen MR) is 134 cm³/mol. The minimum absolute atomic E-state index is 0.0513. The monoisotopic (exact) mass is 471 g/mol. The predicted octanol–water partition coefficient (Wildman–Crippen LogP) is 4.83. The number of nitrogens with one attached hydrogen (secondary N) is 1. The van der Waals surface area contributed by atoms with E-state index in [1.807, 2.05) is 36.4 Å². The van der Waals surface area contributed by atoms with Gasteiger partial charge in [0.05, 0.1) is 17.7 Å². The van der Waals surface area contributed by atoms with Crippen molar-refractivity contribution in [2.45, 2.75) is 6.92 Å². The number of para-hydroxylation sites is 1. The lowest BCUT2D eigenvalue weighted by Crippen LogP contribution is -2.25. The van der Waals surface area contributed by atoms with Gasteiger partial charge < -0.3 is 10.1 Å². The summed E-state index contributed by atoms with van der Waals surface area (Å²) in [6.07, 6.45) is 6.03. The summed E-state index contributed by atoms with van der Waals surface area (Å²) in [4.78, 5) is 38.1. The van der Waals surface area contributed by atoms with Crippen LogP contribution in [0.2, 0.25) is 0 Å². The van der Waals surface area contributed by atoms with Crippen molar-refractivity contribution in [3.05, 3.63) is 106 Å². The number of ether oxygens (including phenoxy) is 1. The quantitative estimate of drug-likeness (QED) is 0.292. The Morgan fingerprint density at radius 3 is 2.47 bits per heavy atom. The standard InChI is InChI=1S/C26H21N3O4S/c1-2-33-26(32)23-21-17-34-24(22(21)25(31)29(28-23)19-11-7-4-8-12-19)27-16-15-20(30)14-13-18-9-5-3-6-10-18/h3-17,27H,2H2,1H3/b14-13+,16-15-. The molecule has 2 heterocycles. The zero-order chi connectivity index (χ0) is 23.9. The molecule has 0 unspecified atom stereocenters. The van der Waals surface area contributed by atoms with Gasteiger partial charge in [-0.05, 0) is 30.7 Å². The fourth-order valence-corrected chi connectivity index (χ4v) is 4.16. The average molecular weight is 472 g/mol. The fourth-order valence-electron chi connectivity index (χ4n) is 3.25. The number of carbonyl (C=O) groups is 2. The van der Waals surface area contributed by atoms with Crippen LogP contribution < -0.4 is 10.9 Å². The highest BCUT2D eigenvalue weighted by Gasteiger charge is 2.22. The highest BCUT2D eigenvalue weighted by atomic mass is 32.1. The molecule has 0 aliphatic heterocycles. The molecule has 0 aliphatic carbocycles. The molecule has 34 heavy (non-hydrogen) atoms. The molecule has 2 aromatic carbocycles. The van der Waals surface area contributed by atoms with E-state index in [0.29, 0.717) is 21.5 Å². The number of nitrogens with zero attached hydrogens (tertiary/aromatic N) is 2. The molecule has 0 saturated carbocycles.